The van der Waals surface area contributed by atoms with Gasteiger partial charge in [-0.1, -0.05) is 19.3 Å². The van der Waals surface area contributed by atoms with Gasteiger partial charge in [-0.05, 0) is 12.8 Å². The molecule has 0 aliphatic heterocycles. The van der Waals surface area contributed by atoms with Crippen molar-refractivity contribution >= 4 is 11.7 Å². The molecule has 1 aromatic rings. The lowest BCUT2D eigenvalue weighted by Crippen LogP contribution is -2.39. The van der Waals surface area contributed by atoms with Gasteiger partial charge in [0, 0.05) is 18.2 Å². The average Bonchev–Trinajstić information content (AvgIpc) is 2.37. The monoisotopic (exact) mass is 272 g/mol. The van der Waals surface area contributed by atoms with Gasteiger partial charge in [-0.3, -0.25) is 0 Å². The second kappa shape index (κ2) is 5.95. The molecule has 19 heavy (non-hydrogen) atoms. The highest BCUT2D eigenvalue weighted by atomic mass is 19.2. The van der Waals surface area contributed by atoms with Crippen LogP contribution in [0.1, 0.15) is 32.1 Å². The summed E-state index contributed by atoms with van der Waals surface area (Å²) < 4.78 is 39.0. The van der Waals surface area contributed by atoms with E-state index in [2.05, 4.69) is 10.6 Å². The number of anilines is 1. The van der Waals surface area contributed by atoms with Crippen molar-refractivity contribution < 1.29 is 18.0 Å². The van der Waals surface area contributed by atoms with Crippen LogP contribution < -0.4 is 10.6 Å². The molecule has 2 amide bonds. The Balaban J connectivity index is 1.96. The van der Waals surface area contributed by atoms with E-state index in [9.17, 15) is 18.0 Å². The minimum absolute atomic E-state index is 0.0575. The number of nitrogens with one attached hydrogen (secondary N) is 2. The fourth-order valence-electron chi connectivity index (χ4n) is 2.21. The molecule has 0 aromatic heterocycles. The van der Waals surface area contributed by atoms with Crippen LogP contribution in [0, 0.1) is 17.5 Å². The zero-order valence-electron chi connectivity index (χ0n) is 10.3. The van der Waals surface area contributed by atoms with E-state index in [0.29, 0.717) is 12.1 Å². The topological polar surface area (TPSA) is 41.1 Å². The van der Waals surface area contributed by atoms with Gasteiger partial charge in [0.25, 0.3) is 0 Å². The summed E-state index contributed by atoms with van der Waals surface area (Å²) in [5.74, 6) is -3.48. The van der Waals surface area contributed by atoms with Crippen molar-refractivity contribution in [2.75, 3.05) is 5.32 Å². The summed E-state index contributed by atoms with van der Waals surface area (Å²) >= 11 is 0. The van der Waals surface area contributed by atoms with Gasteiger partial charge in [0.15, 0.2) is 11.6 Å². The van der Waals surface area contributed by atoms with Crippen molar-refractivity contribution in [2.24, 2.45) is 0 Å². The molecule has 0 atom stereocenters. The molecule has 1 aliphatic rings. The van der Waals surface area contributed by atoms with Gasteiger partial charge in [-0.15, -0.1) is 0 Å². The number of urea groups is 1. The zero-order valence-corrected chi connectivity index (χ0v) is 10.3. The van der Waals surface area contributed by atoms with E-state index in [4.69, 9.17) is 0 Å². The maximum atomic E-state index is 13.3. The lowest BCUT2D eigenvalue weighted by molar-refractivity contribution is 0.244. The number of carbonyl (C=O) groups excluding carboxylic acids is 1. The SMILES string of the molecule is O=C(Nc1cc(F)c(F)cc1F)NC1CCCCC1. The van der Waals surface area contributed by atoms with Crippen LogP contribution in [0.2, 0.25) is 0 Å². The fraction of sp³-hybridized carbons (Fsp3) is 0.462. The summed E-state index contributed by atoms with van der Waals surface area (Å²) in [5.41, 5.74) is -0.368. The molecule has 1 aliphatic carbocycles. The number of amides is 2. The standard InChI is InChI=1S/C13H15F3N2O/c14-9-6-11(16)12(7-10(9)15)18-13(19)17-8-4-2-1-3-5-8/h6-8H,1-5H2,(H2,17,18,19). The predicted molar refractivity (Wildman–Crippen MR) is 65.3 cm³/mol. The predicted octanol–water partition coefficient (Wildman–Crippen LogP) is 3.56. The van der Waals surface area contributed by atoms with Gasteiger partial charge in [0.1, 0.15) is 5.82 Å². The number of carbonyl (C=O) groups is 1. The first-order valence-electron chi connectivity index (χ1n) is 6.28. The minimum atomic E-state index is -1.28. The molecule has 0 unspecified atom stereocenters. The van der Waals surface area contributed by atoms with Crippen molar-refractivity contribution in [2.45, 2.75) is 38.1 Å². The van der Waals surface area contributed by atoms with Crippen LogP contribution in [0.5, 0.6) is 0 Å². The average molecular weight is 272 g/mol. The molecule has 0 heterocycles. The molecule has 1 saturated carbocycles. The molecule has 0 radical (unpaired) electrons. The Hall–Kier alpha value is -1.72. The lowest BCUT2D eigenvalue weighted by atomic mass is 9.96. The van der Waals surface area contributed by atoms with E-state index in [1.807, 2.05) is 0 Å². The number of hydrogen-bond donors (Lipinski definition) is 2. The molecule has 0 saturated heterocycles. The normalized spacial score (nSPS) is 16.2. The molecule has 2 rings (SSSR count). The van der Waals surface area contributed by atoms with E-state index in [-0.39, 0.29) is 11.7 Å². The molecule has 1 aromatic carbocycles. The highest BCUT2D eigenvalue weighted by Crippen LogP contribution is 2.20. The van der Waals surface area contributed by atoms with Crippen LogP contribution in [0.3, 0.4) is 0 Å². The third-order valence-electron chi connectivity index (χ3n) is 3.20. The Morgan fingerprint density at radius 1 is 1.00 bits per heavy atom. The highest BCUT2D eigenvalue weighted by molar-refractivity contribution is 5.89. The van der Waals surface area contributed by atoms with E-state index in [1.54, 1.807) is 0 Å². The van der Waals surface area contributed by atoms with Gasteiger partial charge < -0.3 is 10.6 Å². The van der Waals surface area contributed by atoms with Crippen LogP contribution in [0.4, 0.5) is 23.7 Å². The molecular formula is C13H15F3N2O. The van der Waals surface area contributed by atoms with Crippen molar-refractivity contribution in [1.29, 1.82) is 0 Å². The van der Waals surface area contributed by atoms with Gasteiger partial charge >= 0.3 is 6.03 Å². The smallest absolute Gasteiger partial charge is 0.319 e. The summed E-state index contributed by atoms with van der Waals surface area (Å²) in [5, 5.41) is 4.89. The molecule has 6 heteroatoms. The van der Waals surface area contributed by atoms with Gasteiger partial charge in [-0.2, -0.15) is 0 Å². The van der Waals surface area contributed by atoms with Crippen molar-refractivity contribution in [3.63, 3.8) is 0 Å². The molecule has 0 spiro atoms. The maximum Gasteiger partial charge on any atom is 0.319 e. The Morgan fingerprint density at radius 2 is 1.63 bits per heavy atom. The van der Waals surface area contributed by atoms with E-state index >= 15 is 0 Å². The first-order chi connectivity index (χ1) is 9.06. The Kier molecular flexibility index (Phi) is 4.29. The highest BCUT2D eigenvalue weighted by Gasteiger charge is 2.17. The van der Waals surface area contributed by atoms with E-state index in [1.165, 1.54) is 0 Å². The Bertz CT molecular complexity index is 473. The van der Waals surface area contributed by atoms with Crippen LogP contribution in [-0.4, -0.2) is 12.1 Å². The summed E-state index contributed by atoms with van der Waals surface area (Å²) in [4.78, 5) is 11.6. The second-order valence-electron chi connectivity index (χ2n) is 4.68. The first kappa shape index (κ1) is 13.7. The third kappa shape index (κ3) is 3.62. The molecule has 104 valence electrons. The molecule has 3 nitrogen and oxygen atoms in total. The molecule has 2 N–H and O–H groups in total. The fourth-order valence-corrected chi connectivity index (χ4v) is 2.21. The zero-order chi connectivity index (χ0) is 13.8. The summed E-state index contributed by atoms with van der Waals surface area (Å²) in [6.07, 6.45) is 5.01. The summed E-state index contributed by atoms with van der Waals surface area (Å²) in [7, 11) is 0. The van der Waals surface area contributed by atoms with Gasteiger partial charge in [0.2, 0.25) is 0 Å². The van der Waals surface area contributed by atoms with Crippen LogP contribution in [0.25, 0.3) is 0 Å². The van der Waals surface area contributed by atoms with Crippen molar-refractivity contribution in [3.05, 3.63) is 29.6 Å². The minimum Gasteiger partial charge on any atom is -0.335 e. The number of rotatable bonds is 2. The van der Waals surface area contributed by atoms with E-state index in [0.717, 1.165) is 32.1 Å². The van der Waals surface area contributed by atoms with Gasteiger partial charge in [-0.25, -0.2) is 18.0 Å². The molecule has 1 fully saturated rings. The van der Waals surface area contributed by atoms with Crippen molar-refractivity contribution in [3.8, 4) is 0 Å². The number of halogens is 3. The first-order valence-corrected chi connectivity index (χ1v) is 6.28. The lowest BCUT2D eigenvalue weighted by Gasteiger charge is -2.22. The van der Waals surface area contributed by atoms with Gasteiger partial charge in [0.05, 0.1) is 5.69 Å². The van der Waals surface area contributed by atoms with Crippen molar-refractivity contribution in [1.82, 2.24) is 5.32 Å². The van der Waals surface area contributed by atoms with Crippen LogP contribution in [0.15, 0.2) is 12.1 Å². The van der Waals surface area contributed by atoms with Crippen LogP contribution in [-0.2, 0) is 0 Å². The number of hydrogen-bond acceptors (Lipinski definition) is 1. The molecule has 0 bridgehead atoms. The second-order valence-corrected chi connectivity index (χ2v) is 4.68. The quantitative estimate of drug-likeness (QED) is 0.794. The summed E-state index contributed by atoms with van der Waals surface area (Å²) in [6.45, 7) is 0. The summed E-state index contributed by atoms with van der Waals surface area (Å²) in [6, 6.07) is 0.496. The Labute approximate surface area is 109 Å². The Morgan fingerprint density at radius 3 is 2.32 bits per heavy atom. The molecular weight excluding hydrogens is 257 g/mol. The number of benzene rings is 1. The maximum absolute atomic E-state index is 13.3. The largest absolute Gasteiger partial charge is 0.335 e. The van der Waals surface area contributed by atoms with E-state index < -0.39 is 23.5 Å². The third-order valence-corrected chi connectivity index (χ3v) is 3.20. The van der Waals surface area contributed by atoms with Crippen LogP contribution >= 0.6 is 0 Å².